The third kappa shape index (κ3) is 4.77. The minimum Gasteiger partial charge on any atom is -0.385 e. The minimum atomic E-state index is 0.308. The van der Waals surface area contributed by atoms with E-state index < -0.39 is 0 Å². The van der Waals surface area contributed by atoms with Crippen LogP contribution in [-0.2, 0) is 4.79 Å². The van der Waals surface area contributed by atoms with Crippen molar-refractivity contribution < 1.29 is 4.79 Å². The molecule has 1 aromatic heterocycles. The van der Waals surface area contributed by atoms with Crippen LogP contribution in [0.15, 0.2) is 18.2 Å². The Morgan fingerprint density at radius 2 is 1.97 bits per heavy atom. The molecule has 1 saturated heterocycles. The molecule has 4 rings (SSSR count). The number of benzene rings is 1. The summed E-state index contributed by atoms with van der Waals surface area (Å²) in [5.41, 5.74) is 3.39. The lowest BCUT2D eigenvalue weighted by Gasteiger charge is -2.32. The number of hydrogen-bond donors (Lipinski definition) is 1. The van der Waals surface area contributed by atoms with Crippen LogP contribution in [0.5, 0.6) is 0 Å². The standard InChI is InChI=1S/C22H32N6O/c1-15(2)12-21(29)27-10-8-17(9-11-27)14-23-18-5-4-16(3)20(13-18)22-24-25-26-28(22)19-6-7-19/h4-5,13,15,17,19,23H,6-12,14H2,1-3H3. The Labute approximate surface area is 172 Å². The number of hydrogen-bond acceptors (Lipinski definition) is 5. The monoisotopic (exact) mass is 396 g/mol. The van der Waals surface area contributed by atoms with Gasteiger partial charge in [0.05, 0.1) is 6.04 Å². The second-order valence-corrected chi connectivity index (χ2v) is 9.01. The van der Waals surface area contributed by atoms with Gasteiger partial charge in [0, 0.05) is 37.3 Å². The highest BCUT2D eigenvalue weighted by molar-refractivity contribution is 5.76. The van der Waals surface area contributed by atoms with Gasteiger partial charge in [-0.3, -0.25) is 4.79 Å². The molecule has 0 unspecified atom stereocenters. The van der Waals surface area contributed by atoms with E-state index in [4.69, 9.17) is 0 Å². The summed E-state index contributed by atoms with van der Waals surface area (Å²) < 4.78 is 1.97. The van der Waals surface area contributed by atoms with Gasteiger partial charge < -0.3 is 10.2 Å². The van der Waals surface area contributed by atoms with Crippen LogP contribution in [0.1, 0.15) is 57.6 Å². The number of carbonyl (C=O) groups is 1. The zero-order valence-corrected chi connectivity index (χ0v) is 17.8. The summed E-state index contributed by atoms with van der Waals surface area (Å²) in [7, 11) is 0. The van der Waals surface area contributed by atoms with E-state index in [0.29, 0.717) is 30.2 Å². The van der Waals surface area contributed by atoms with E-state index in [1.54, 1.807) is 0 Å². The van der Waals surface area contributed by atoms with Gasteiger partial charge in [0.25, 0.3) is 0 Å². The van der Waals surface area contributed by atoms with E-state index in [9.17, 15) is 4.79 Å². The van der Waals surface area contributed by atoms with Crippen molar-refractivity contribution in [3.63, 3.8) is 0 Å². The van der Waals surface area contributed by atoms with Gasteiger partial charge in [-0.05, 0) is 72.6 Å². The van der Waals surface area contributed by atoms with Crippen molar-refractivity contribution in [1.29, 1.82) is 0 Å². The molecule has 7 heteroatoms. The van der Waals surface area contributed by atoms with Crippen molar-refractivity contribution in [1.82, 2.24) is 25.1 Å². The van der Waals surface area contributed by atoms with E-state index in [-0.39, 0.29) is 0 Å². The van der Waals surface area contributed by atoms with Gasteiger partial charge in [0.15, 0.2) is 5.82 Å². The first-order chi connectivity index (χ1) is 14.0. The molecular weight excluding hydrogens is 364 g/mol. The summed E-state index contributed by atoms with van der Waals surface area (Å²) in [4.78, 5) is 14.3. The van der Waals surface area contributed by atoms with E-state index in [1.165, 1.54) is 5.56 Å². The van der Waals surface area contributed by atoms with Gasteiger partial charge >= 0.3 is 0 Å². The van der Waals surface area contributed by atoms with Crippen LogP contribution in [0.25, 0.3) is 11.4 Å². The lowest BCUT2D eigenvalue weighted by Crippen LogP contribution is -2.40. The number of nitrogens with one attached hydrogen (secondary N) is 1. The molecule has 29 heavy (non-hydrogen) atoms. The van der Waals surface area contributed by atoms with E-state index in [0.717, 1.165) is 62.4 Å². The molecule has 0 radical (unpaired) electrons. The number of nitrogens with zero attached hydrogens (tertiary/aromatic N) is 5. The molecule has 2 fully saturated rings. The average molecular weight is 397 g/mol. The average Bonchev–Trinajstić information content (AvgIpc) is 3.44. The first-order valence-electron chi connectivity index (χ1n) is 10.9. The van der Waals surface area contributed by atoms with Crippen molar-refractivity contribution in [2.24, 2.45) is 11.8 Å². The fourth-order valence-corrected chi connectivity index (χ4v) is 4.04. The van der Waals surface area contributed by atoms with Crippen molar-refractivity contribution in [2.75, 3.05) is 25.0 Å². The predicted octanol–water partition coefficient (Wildman–Crippen LogP) is 3.68. The van der Waals surface area contributed by atoms with Crippen molar-refractivity contribution in [3.8, 4) is 11.4 Å². The lowest BCUT2D eigenvalue weighted by atomic mass is 9.96. The van der Waals surface area contributed by atoms with Crippen LogP contribution in [0.3, 0.4) is 0 Å². The molecule has 1 aliphatic carbocycles. The van der Waals surface area contributed by atoms with E-state index in [2.05, 4.69) is 59.8 Å². The highest BCUT2D eigenvalue weighted by Gasteiger charge is 2.29. The zero-order valence-electron chi connectivity index (χ0n) is 17.8. The number of aryl methyl sites for hydroxylation is 1. The number of aromatic nitrogens is 4. The van der Waals surface area contributed by atoms with Crippen LogP contribution in [0, 0.1) is 18.8 Å². The Bertz CT molecular complexity index is 849. The molecule has 1 aliphatic heterocycles. The predicted molar refractivity (Wildman–Crippen MR) is 114 cm³/mol. The Morgan fingerprint density at radius 3 is 2.66 bits per heavy atom. The van der Waals surface area contributed by atoms with Gasteiger partial charge in [0.2, 0.25) is 5.91 Å². The van der Waals surface area contributed by atoms with Gasteiger partial charge in [-0.1, -0.05) is 19.9 Å². The summed E-state index contributed by atoms with van der Waals surface area (Å²) in [6, 6.07) is 6.89. The van der Waals surface area contributed by atoms with Crippen molar-refractivity contribution in [2.45, 2.75) is 58.9 Å². The Hall–Kier alpha value is -2.44. The van der Waals surface area contributed by atoms with Crippen LogP contribution in [-0.4, -0.2) is 50.6 Å². The highest BCUT2D eigenvalue weighted by Crippen LogP contribution is 2.37. The lowest BCUT2D eigenvalue weighted by molar-refractivity contribution is -0.133. The maximum atomic E-state index is 12.2. The summed E-state index contributed by atoms with van der Waals surface area (Å²) in [6.45, 7) is 9.01. The fourth-order valence-electron chi connectivity index (χ4n) is 4.04. The second kappa shape index (κ2) is 8.51. The molecule has 7 nitrogen and oxygen atoms in total. The number of piperidine rings is 1. The number of rotatable bonds is 7. The number of tetrazole rings is 1. The van der Waals surface area contributed by atoms with Crippen LogP contribution in [0.2, 0.25) is 0 Å². The van der Waals surface area contributed by atoms with Gasteiger partial charge in [0.1, 0.15) is 0 Å². The molecule has 156 valence electrons. The molecule has 0 spiro atoms. The fraction of sp³-hybridized carbons (Fsp3) is 0.636. The molecule has 1 saturated carbocycles. The second-order valence-electron chi connectivity index (χ2n) is 9.01. The smallest absolute Gasteiger partial charge is 0.222 e. The largest absolute Gasteiger partial charge is 0.385 e. The first-order valence-corrected chi connectivity index (χ1v) is 10.9. The molecule has 0 bridgehead atoms. The molecule has 2 heterocycles. The SMILES string of the molecule is Cc1ccc(NCC2CCN(C(=O)CC(C)C)CC2)cc1-c1nnnn1C1CC1. The van der Waals surface area contributed by atoms with Gasteiger partial charge in [-0.15, -0.1) is 5.10 Å². The molecular formula is C22H32N6O. The molecule has 2 aromatic rings. The first kappa shape index (κ1) is 19.9. The zero-order chi connectivity index (χ0) is 20.4. The van der Waals surface area contributed by atoms with Crippen molar-refractivity contribution in [3.05, 3.63) is 23.8 Å². The Balaban J connectivity index is 1.34. The number of amides is 1. The maximum absolute atomic E-state index is 12.2. The number of anilines is 1. The van der Waals surface area contributed by atoms with Gasteiger partial charge in [-0.25, -0.2) is 4.68 Å². The molecule has 1 aromatic carbocycles. The van der Waals surface area contributed by atoms with E-state index >= 15 is 0 Å². The number of likely N-dealkylation sites (tertiary alicyclic amines) is 1. The minimum absolute atomic E-state index is 0.308. The topological polar surface area (TPSA) is 75.9 Å². The summed E-state index contributed by atoms with van der Waals surface area (Å²) in [6.07, 6.45) is 5.11. The molecule has 1 amide bonds. The number of carbonyl (C=O) groups excluding carboxylic acids is 1. The molecule has 0 atom stereocenters. The third-order valence-corrected chi connectivity index (χ3v) is 6.01. The maximum Gasteiger partial charge on any atom is 0.222 e. The van der Waals surface area contributed by atoms with E-state index in [1.807, 2.05) is 9.58 Å². The molecule has 2 aliphatic rings. The van der Waals surface area contributed by atoms with Crippen LogP contribution < -0.4 is 5.32 Å². The van der Waals surface area contributed by atoms with Crippen LogP contribution in [0.4, 0.5) is 5.69 Å². The molecule has 1 N–H and O–H groups in total. The summed E-state index contributed by atoms with van der Waals surface area (Å²) in [5.74, 6) is 2.20. The Kier molecular flexibility index (Phi) is 5.83. The highest BCUT2D eigenvalue weighted by atomic mass is 16.2. The summed E-state index contributed by atoms with van der Waals surface area (Å²) in [5, 5.41) is 16.0. The van der Waals surface area contributed by atoms with Gasteiger partial charge in [-0.2, -0.15) is 0 Å². The van der Waals surface area contributed by atoms with Crippen LogP contribution >= 0.6 is 0 Å². The quantitative estimate of drug-likeness (QED) is 0.773. The summed E-state index contributed by atoms with van der Waals surface area (Å²) >= 11 is 0. The third-order valence-electron chi connectivity index (χ3n) is 6.01. The van der Waals surface area contributed by atoms with Crippen molar-refractivity contribution >= 4 is 11.6 Å². The Morgan fingerprint density at radius 1 is 1.21 bits per heavy atom. The normalized spacial score (nSPS) is 17.7.